The maximum atomic E-state index is 12.1. The van der Waals surface area contributed by atoms with E-state index < -0.39 is 0 Å². The fourth-order valence-corrected chi connectivity index (χ4v) is 4.17. The standard InChI is InChI=1S/C19H21N3O2S2/c1-3-4-5-13-6-8-14(9-7-13)20-16(23)11-25-19-21-17(24)15-10-12(2)26-18(15)22-19/h6-10H,3-5,11H2,1-2H3,(H,20,23)(H,21,22,24). The zero-order chi connectivity index (χ0) is 18.5. The van der Waals surface area contributed by atoms with Crippen LogP contribution in [0.5, 0.6) is 0 Å². The van der Waals surface area contributed by atoms with E-state index in [1.165, 1.54) is 41.5 Å². The van der Waals surface area contributed by atoms with Crippen LogP contribution in [0, 0.1) is 6.92 Å². The molecule has 1 amide bonds. The van der Waals surface area contributed by atoms with Crippen LogP contribution in [0.1, 0.15) is 30.2 Å². The lowest BCUT2D eigenvalue weighted by molar-refractivity contribution is -0.113. The Hall–Kier alpha value is -2.12. The molecule has 136 valence electrons. The minimum absolute atomic E-state index is 0.124. The average Bonchev–Trinajstić information content (AvgIpc) is 3.00. The molecule has 2 N–H and O–H groups in total. The largest absolute Gasteiger partial charge is 0.325 e. The third-order valence-electron chi connectivity index (χ3n) is 3.90. The molecule has 26 heavy (non-hydrogen) atoms. The van der Waals surface area contributed by atoms with Gasteiger partial charge in [0, 0.05) is 10.6 Å². The molecule has 3 aromatic rings. The molecule has 7 heteroatoms. The number of nitrogens with zero attached hydrogens (tertiary/aromatic N) is 1. The van der Waals surface area contributed by atoms with Gasteiger partial charge in [-0.15, -0.1) is 11.3 Å². The molecule has 0 saturated heterocycles. The van der Waals surface area contributed by atoms with Crippen LogP contribution >= 0.6 is 23.1 Å². The lowest BCUT2D eigenvalue weighted by Gasteiger charge is -2.06. The summed E-state index contributed by atoms with van der Waals surface area (Å²) in [6, 6.07) is 9.77. The quantitative estimate of drug-likeness (QED) is 0.466. The summed E-state index contributed by atoms with van der Waals surface area (Å²) in [6.07, 6.45) is 3.40. The highest BCUT2D eigenvalue weighted by atomic mass is 32.2. The van der Waals surface area contributed by atoms with Crippen molar-refractivity contribution in [2.45, 2.75) is 38.3 Å². The van der Waals surface area contributed by atoms with Crippen LogP contribution in [0.2, 0.25) is 0 Å². The molecule has 0 saturated carbocycles. The molecular weight excluding hydrogens is 366 g/mol. The van der Waals surface area contributed by atoms with Crippen LogP contribution in [0.3, 0.4) is 0 Å². The maximum Gasteiger partial charge on any atom is 0.260 e. The Kier molecular flexibility index (Phi) is 6.11. The van der Waals surface area contributed by atoms with Gasteiger partial charge in [-0.1, -0.05) is 37.2 Å². The molecule has 2 aromatic heterocycles. The molecule has 0 radical (unpaired) electrons. The Morgan fingerprint density at radius 3 is 2.81 bits per heavy atom. The third-order valence-corrected chi connectivity index (χ3v) is 5.72. The number of H-pyrrole nitrogens is 1. The second-order valence-corrected chi connectivity index (χ2v) is 8.28. The monoisotopic (exact) mass is 387 g/mol. The number of fused-ring (bicyclic) bond motifs is 1. The van der Waals surface area contributed by atoms with E-state index >= 15 is 0 Å². The molecule has 0 fully saturated rings. The van der Waals surface area contributed by atoms with Crippen LogP contribution in [-0.4, -0.2) is 21.6 Å². The summed E-state index contributed by atoms with van der Waals surface area (Å²) in [4.78, 5) is 33.1. The number of thiophene rings is 1. The summed E-state index contributed by atoms with van der Waals surface area (Å²) in [5, 5.41) is 3.94. The van der Waals surface area contributed by atoms with Gasteiger partial charge < -0.3 is 10.3 Å². The number of aryl methyl sites for hydroxylation is 2. The summed E-state index contributed by atoms with van der Waals surface area (Å²) in [5.74, 6) is 0.0672. The summed E-state index contributed by atoms with van der Waals surface area (Å²) < 4.78 is 0. The Labute approximate surface area is 160 Å². The van der Waals surface area contributed by atoms with E-state index in [4.69, 9.17) is 0 Å². The van der Waals surface area contributed by atoms with Crippen LogP contribution in [0.4, 0.5) is 5.69 Å². The van der Waals surface area contributed by atoms with E-state index in [1.54, 1.807) is 0 Å². The fraction of sp³-hybridized carbons (Fsp3) is 0.316. The van der Waals surface area contributed by atoms with Crippen LogP contribution in [0.15, 0.2) is 40.3 Å². The number of rotatable bonds is 7. The second kappa shape index (κ2) is 8.51. The van der Waals surface area contributed by atoms with Crippen LogP contribution < -0.4 is 10.9 Å². The predicted molar refractivity (Wildman–Crippen MR) is 109 cm³/mol. The summed E-state index contributed by atoms with van der Waals surface area (Å²) in [7, 11) is 0. The number of unbranched alkanes of at least 4 members (excludes halogenated alkanes) is 1. The van der Waals surface area contributed by atoms with Crippen molar-refractivity contribution in [3.8, 4) is 0 Å². The number of anilines is 1. The lowest BCUT2D eigenvalue weighted by Crippen LogP contribution is -2.15. The zero-order valence-corrected chi connectivity index (χ0v) is 16.4. The van der Waals surface area contributed by atoms with E-state index in [2.05, 4.69) is 22.2 Å². The number of carbonyl (C=O) groups excluding carboxylic acids is 1. The van der Waals surface area contributed by atoms with E-state index in [0.717, 1.165) is 17.0 Å². The number of aromatic amines is 1. The van der Waals surface area contributed by atoms with Crippen LogP contribution in [0.25, 0.3) is 10.2 Å². The van der Waals surface area contributed by atoms with Gasteiger partial charge in [-0.3, -0.25) is 9.59 Å². The Bertz CT molecular complexity index is 961. The summed E-state index contributed by atoms with van der Waals surface area (Å²) >= 11 is 2.71. The van der Waals surface area contributed by atoms with Crippen molar-refractivity contribution in [2.24, 2.45) is 0 Å². The molecule has 1 aromatic carbocycles. The van der Waals surface area contributed by atoms with Crippen molar-refractivity contribution in [1.82, 2.24) is 9.97 Å². The van der Waals surface area contributed by atoms with Crippen LogP contribution in [-0.2, 0) is 11.2 Å². The molecular formula is C19H21N3O2S2. The molecule has 2 heterocycles. The van der Waals surface area contributed by atoms with Gasteiger partial charge in [0.25, 0.3) is 5.56 Å². The number of carbonyl (C=O) groups is 1. The van der Waals surface area contributed by atoms with Gasteiger partial charge in [-0.25, -0.2) is 4.98 Å². The second-order valence-electron chi connectivity index (χ2n) is 6.08. The van der Waals surface area contributed by atoms with Crippen molar-refractivity contribution in [3.05, 3.63) is 51.1 Å². The van der Waals surface area contributed by atoms with Crippen molar-refractivity contribution in [2.75, 3.05) is 11.1 Å². The molecule has 0 aliphatic carbocycles. The van der Waals surface area contributed by atoms with Gasteiger partial charge >= 0.3 is 0 Å². The number of hydrogen-bond acceptors (Lipinski definition) is 5. The number of thioether (sulfide) groups is 1. The lowest BCUT2D eigenvalue weighted by atomic mass is 10.1. The van der Waals surface area contributed by atoms with Gasteiger partial charge in [-0.05, 0) is 43.5 Å². The highest BCUT2D eigenvalue weighted by molar-refractivity contribution is 7.99. The molecule has 0 aliphatic heterocycles. The molecule has 0 atom stereocenters. The number of amides is 1. The number of benzene rings is 1. The van der Waals surface area contributed by atoms with E-state index in [1.807, 2.05) is 37.3 Å². The molecule has 3 rings (SSSR count). The fourth-order valence-electron chi connectivity index (χ4n) is 2.57. The Morgan fingerprint density at radius 1 is 1.31 bits per heavy atom. The van der Waals surface area contributed by atoms with Crippen molar-refractivity contribution in [3.63, 3.8) is 0 Å². The van der Waals surface area contributed by atoms with Crippen molar-refractivity contribution < 1.29 is 4.79 Å². The minimum Gasteiger partial charge on any atom is -0.325 e. The normalized spacial score (nSPS) is 11.0. The zero-order valence-electron chi connectivity index (χ0n) is 14.8. The van der Waals surface area contributed by atoms with Gasteiger partial charge in [0.1, 0.15) is 4.83 Å². The molecule has 0 aliphatic rings. The van der Waals surface area contributed by atoms with Crippen molar-refractivity contribution in [1.29, 1.82) is 0 Å². The first-order valence-electron chi connectivity index (χ1n) is 8.57. The number of nitrogens with one attached hydrogen (secondary N) is 2. The SMILES string of the molecule is CCCCc1ccc(NC(=O)CSc2nc3sc(C)cc3c(=O)[nH]2)cc1. The Balaban J connectivity index is 1.58. The minimum atomic E-state index is -0.162. The maximum absolute atomic E-state index is 12.1. The smallest absolute Gasteiger partial charge is 0.260 e. The number of aromatic nitrogens is 2. The summed E-state index contributed by atoms with van der Waals surface area (Å²) in [5.41, 5.74) is 1.90. The summed E-state index contributed by atoms with van der Waals surface area (Å²) in [6.45, 7) is 4.12. The van der Waals surface area contributed by atoms with Gasteiger partial charge in [0.2, 0.25) is 5.91 Å². The van der Waals surface area contributed by atoms with E-state index in [0.29, 0.717) is 15.4 Å². The van der Waals surface area contributed by atoms with E-state index in [9.17, 15) is 9.59 Å². The first-order valence-corrected chi connectivity index (χ1v) is 10.4. The first kappa shape index (κ1) is 18.7. The topological polar surface area (TPSA) is 74.8 Å². The highest BCUT2D eigenvalue weighted by Crippen LogP contribution is 2.22. The predicted octanol–water partition coefficient (Wildman–Crippen LogP) is 4.37. The Morgan fingerprint density at radius 2 is 2.08 bits per heavy atom. The molecule has 0 unspecified atom stereocenters. The molecule has 0 spiro atoms. The van der Waals surface area contributed by atoms with Gasteiger partial charge in [0.05, 0.1) is 11.1 Å². The van der Waals surface area contributed by atoms with Gasteiger partial charge in [-0.2, -0.15) is 0 Å². The third kappa shape index (κ3) is 4.74. The number of hydrogen-bond donors (Lipinski definition) is 2. The first-order chi connectivity index (χ1) is 12.5. The van der Waals surface area contributed by atoms with Crippen molar-refractivity contribution >= 4 is 44.9 Å². The molecule has 5 nitrogen and oxygen atoms in total. The highest BCUT2D eigenvalue weighted by Gasteiger charge is 2.10. The van der Waals surface area contributed by atoms with Gasteiger partial charge in [0.15, 0.2) is 5.16 Å². The average molecular weight is 388 g/mol. The molecule has 0 bridgehead atoms. The van der Waals surface area contributed by atoms with E-state index in [-0.39, 0.29) is 17.2 Å².